The van der Waals surface area contributed by atoms with Gasteiger partial charge in [0, 0.05) is 0 Å². The van der Waals surface area contributed by atoms with E-state index in [2.05, 4.69) is 78.0 Å². The molecule has 0 saturated carbocycles. The molecule has 0 radical (unpaired) electrons. The first-order valence-corrected chi connectivity index (χ1v) is 11.0. The average Bonchev–Trinajstić information content (AvgIpc) is 3.34. The number of benzene rings is 2. The fourth-order valence-corrected chi connectivity index (χ4v) is 8.20. The van der Waals surface area contributed by atoms with Gasteiger partial charge in [-0.1, -0.05) is 0 Å². The maximum Gasteiger partial charge on any atom is -0.153 e. The van der Waals surface area contributed by atoms with E-state index in [9.17, 15) is 0 Å². The van der Waals surface area contributed by atoms with Crippen LogP contribution in [0.2, 0.25) is 0 Å². The van der Waals surface area contributed by atoms with E-state index in [1.54, 1.807) is 15.0 Å². The van der Waals surface area contributed by atoms with Crippen LogP contribution < -0.4 is 10.2 Å². The summed E-state index contributed by atoms with van der Waals surface area (Å²) >= 11 is -1.44. The minimum atomic E-state index is -1.44. The standard InChI is InChI=1S/C13H9.C5H5.C2H4.2CH3O.Ti/c1-3-7-12-10(5-1)9-11-6-2-4-8-13(11)12;1-2-4-5-3-1;3*1-2;/h1-9H;1-3H,4H2;1H,2H3;2*1H3;/q;;;2*-1;+2. The Morgan fingerprint density at radius 1 is 0.880 bits per heavy atom. The summed E-state index contributed by atoms with van der Waals surface area (Å²) in [6, 6.07) is 18.0. The topological polar surface area (TPSA) is 46.1 Å². The first-order valence-electron chi connectivity index (χ1n) is 8.42. The molecule has 2 nitrogen and oxygen atoms in total. The van der Waals surface area contributed by atoms with Crippen molar-refractivity contribution < 1.29 is 27.6 Å². The van der Waals surface area contributed by atoms with Gasteiger partial charge < -0.3 is 10.2 Å². The molecule has 0 aromatic heterocycles. The molecular formula is C22H24O2Ti. The van der Waals surface area contributed by atoms with Crippen LogP contribution in [-0.2, 0) is 17.4 Å². The van der Waals surface area contributed by atoms with Gasteiger partial charge in [0.05, 0.1) is 0 Å². The van der Waals surface area contributed by atoms with Gasteiger partial charge in [0.1, 0.15) is 0 Å². The second-order valence-electron chi connectivity index (χ2n) is 5.68. The van der Waals surface area contributed by atoms with Crippen molar-refractivity contribution in [1.82, 2.24) is 0 Å². The van der Waals surface area contributed by atoms with Gasteiger partial charge in [0.15, 0.2) is 0 Å². The summed E-state index contributed by atoms with van der Waals surface area (Å²) in [6.45, 7) is 2.28. The van der Waals surface area contributed by atoms with E-state index in [0.29, 0.717) is 4.22 Å². The first-order chi connectivity index (χ1) is 12.4. The van der Waals surface area contributed by atoms with E-state index in [1.807, 2.05) is 0 Å². The van der Waals surface area contributed by atoms with Gasteiger partial charge in [0.25, 0.3) is 0 Å². The molecule has 2 aliphatic carbocycles. The fraction of sp³-hybridized carbons (Fsp3) is 0.227. The molecule has 0 N–H and O–H groups in total. The number of hydrogen-bond acceptors (Lipinski definition) is 2. The zero-order valence-corrected chi connectivity index (χ0v) is 16.6. The summed E-state index contributed by atoms with van der Waals surface area (Å²) in [5.41, 5.74) is 6.02. The predicted octanol–water partition coefficient (Wildman–Crippen LogP) is 2.99. The van der Waals surface area contributed by atoms with Crippen LogP contribution in [0.25, 0.3) is 11.1 Å². The predicted molar refractivity (Wildman–Crippen MR) is 99.1 cm³/mol. The molecule has 2 aliphatic rings. The van der Waals surface area contributed by atoms with Gasteiger partial charge in [-0.25, -0.2) is 0 Å². The molecule has 4 rings (SSSR count). The third kappa shape index (κ3) is 3.83. The van der Waals surface area contributed by atoms with Crippen molar-refractivity contribution in [1.29, 1.82) is 0 Å². The quantitative estimate of drug-likeness (QED) is 0.765. The minimum Gasteiger partial charge on any atom is -0.857 e. The van der Waals surface area contributed by atoms with Crippen molar-refractivity contribution in [2.45, 2.75) is 17.6 Å². The molecule has 25 heavy (non-hydrogen) atoms. The molecule has 3 heteroatoms. The van der Waals surface area contributed by atoms with Crippen LogP contribution in [0.5, 0.6) is 0 Å². The molecule has 0 amide bonds. The molecular weight excluding hydrogens is 344 g/mol. The van der Waals surface area contributed by atoms with Crippen LogP contribution in [0.3, 0.4) is 0 Å². The van der Waals surface area contributed by atoms with Crippen molar-refractivity contribution in [3.8, 4) is 11.1 Å². The summed E-state index contributed by atoms with van der Waals surface area (Å²) in [5, 5.41) is 16.5. The Bertz CT molecular complexity index is 758. The average molecular weight is 368 g/mol. The maximum absolute atomic E-state index is 8.25. The van der Waals surface area contributed by atoms with Gasteiger partial charge in [0.2, 0.25) is 0 Å². The maximum atomic E-state index is 8.25. The van der Waals surface area contributed by atoms with Crippen LogP contribution in [0, 0.1) is 0 Å². The Balaban J connectivity index is 0.000000528. The third-order valence-electron chi connectivity index (χ3n) is 4.60. The summed E-state index contributed by atoms with van der Waals surface area (Å²) in [5.74, 6) is 0. The zero-order valence-electron chi connectivity index (χ0n) is 15.0. The number of hydrogen-bond donors (Lipinski definition) is 0. The van der Waals surface area contributed by atoms with Gasteiger partial charge in [-0.3, -0.25) is 0 Å². The van der Waals surface area contributed by atoms with Crippen molar-refractivity contribution in [2.24, 2.45) is 0 Å². The molecule has 128 valence electrons. The second kappa shape index (κ2) is 9.79. The molecule has 0 bridgehead atoms. The summed E-state index contributed by atoms with van der Waals surface area (Å²) in [6.07, 6.45) is 8.08. The van der Waals surface area contributed by atoms with E-state index < -0.39 is 17.4 Å². The van der Waals surface area contributed by atoms with Crippen LogP contribution >= 0.6 is 0 Å². The molecule has 0 saturated heterocycles. The fourth-order valence-electron chi connectivity index (χ4n) is 3.69. The Morgan fingerprint density at radius 2 is 1.40 bits per heavy atom. The zero-order chi connectivity index (χ0) is 18.2. The van der Waals surface area contributed by atoms with Gasteiger partial charge in [-0.05, 0) is 0 Å². The Kier molecular flexibility index (Phi) is 7.73. The molecule has 0 unspecified atom stereocenters. The van der Waals surface area contributed by atoms with E-state index in [4.69, 9.17) is 10.2 Å². The van der Waals surface area contributed by atoms with Crippen molar-refractivity contribution in [3.05, 3.63) is 81.8 Å². The monoisotopic (exact) mass is 368 g/mol. The molecule has 0 aliphatic heterocycles. The SMILES string of the molecule is C/[CH]=[Ti+2](\[C]1=CC=CC1)[CH]1c2ccccc2-c2ccccc21.C[O-].C[O-]. The van der Waals surface area contributed by atoms with Crippen molar-refractivity contribution in [2.75, 3.05) is 14.2 Å². The van der Waals surface area contributed by atoms with Crippen LogP contribution in [-0.4, -0.2) is 18.5 Å². The molecule has 2 aromatic rings. The normalized spacial score (nSPS) is 13.9. The van der Waals surface area contributed by atoms with Gasteiger partial charge in [-0.15, -0.1) is 0 Å². The molecule has 0 fully saturated rings. The Hall–Kier alpha value is -1.58. The smallest absolute Gasteiger partial charge is 0.153 e. The van der Waals surface area contributed by atoms with Gasteiger partial charge >= 0.3 is 132 Å². The number of fused-ring (bicyclic) bond motifs is 3. The second-order valence-corrected chi connectivity index (χ2v) is 9.90. The number of rotatable bonds is 2. The van der Waals surface area contributed by atoms with Crippen molar-refractivity contribution in [3.63, 3.8) is 0 Å². The van der Waals surface area contributed by atoms with E-state index in [0.717, 1.165) is 14.2 Å². The Labute approximate surface area is 156 Å². The Morgan fingerprint density at radius 3 is 1.84 bits per heavy atom. The van der Waals surface area contributed by atoms with E-state index in [-0.39, 0.29) is 0 Å². The summed E-state index contributed by atoms with van der Waals surface area (Å²) < 4.78 is 4.88. The largest absolute Gasteiger partial charge is 0.857 e. The molecule has 0 spiro atoms. The van der Waals surface area contributed by atoms with Crippen LogP contribution in [0.4, 0.5) is 0 Å². The molecule has 0 atom stereocenters. The van der Waals surface area contributed by atoms with Gasteiger partial charge in [-0.2, -0.15) is 14.2 Å². The summed E-state index contributed by atoms with van der Waals surface area (Å²) in [7, 11) is 1.50. The van der Waals surface area contributed by atoms with E-state index in [1.165, 1.54) is 17.5 Å². The third-order valence-corrected chi connectivity index (χ3v) is 9.25. The van der Waals surface area contributed by atoms with Crippen LogP contribution in [0.15, 0.2) is 70.6 Å². The minimum absolute atomic E-state index is 0.633. The number of allylic oxidation sites excluding steroid dienone is 4. The summed E-state index contributed by atoms with van der Waals surface area (Å²) in [4.78, 5) is 0. The molecule has 2 aromatic carbocycles. The van der Waals surface area contributed by atoms with E-state index >= 15 is 0 Å². The first kappa shape index (κ1) is 19.7. The van der Waals surface area contributed by atoms with Crippen molar-refractivity contribution >= 4 is 4.31 Å². The molecule has 0 heterocycles. The van der Waals surface area contributed by atoms with Crippen LogP contribution in [0.1, 0.15) is 28.7 Å².